The van der Waals surface area contributed by atoms with E-state index in [0.29, 0.717) is 6.42 Å². The lowest BCUT2D eigenvalue weighted by atomic mass is 9.80. The molecule has 0 N–H and O–H groups in total. The number of halogens is 2. The molecule has 0 spiro atoms. The first-order chi connectivity index (χ1) is 4.75. The third-order valence-corrected chi connectivity index (χ3v) is 2.51. The van der Waals surface area contributed by atoms with Crippen LogP contribution in [0.4, 0.5) is 8.78 Å². The molecule has 0 aromatic rings. The van der Waals surface area contributed by atoms with Crippen LogP contribution in [0.1, 0.15) is 26.2 Å². The molecule has 3 atom stereocenters. The van der Waals surface area contributed by atoms with E-state index in [4.69, 9.17) is 0 Å². The Balaban J connectivity index is 2.45. The lowest BCUT2D eigenvalue weighted by Crippen LogP contribution is -2.29. The summed E-state index contributed by atoms with van der Waals surface area (Å²) >= 11 is 0. The van der Waals surface area contributed by atoms with Crippen LogP contribution in [-0.2, 0) is 0 Å². The number of hydrogen-bond acceptors (Lipinski definition) is 0. The fourth-order valence-corrected chi connectivity index (χ4v) is 1.67. The van der Waals surface area contributed by atoms with Crippen molar-refractivity contribution in [2.75, 3.05) is 6.67 Å². The van der Waals surface area contributed by atoms with Crippen molar-refractivity contribution in [2.24, 2.45) is 11.8 Å². The van der Waals surface area contributed by atoms with Crippen molar-refractivity contribution in [1.29, 1.82) is 0 Å². The van der Waals surface area contributed by atoms with Gasteiger partial charge in [0.1, 0.15) is 6.17 Å². The highest BCUT2D eigenvalue weighted by Gasteiger charge is 2.30. The van der Waals surface area contributed by atoms with E-state index in [0.717, 1.165) is 12.8 Å². The summed E-state index contributed by atoms with van der Waals surface area (Å²) in [6.07, 6.45) is 1.61. The monoisotopic (exact) mass is 148 g/mol. The van der Waals surface area contributed by atoms with Crippen LogP contribution in [0.5, 0.6) is 0 Å². The molecule has 0 aromatic heterocycles. The van der Waals surface area contributed by atoms with Gasteiger partial charge in [0.05, 0.1) is 6.67 Å². The molecule has 60 valence electrons. The Hall–Kier alpha value is -0.140. The first-order valence-electron chi connectivity index (χ1n) is 3.95. The van der Waals surface area contributed by atoms with E-state index in [1.165, 1.54) is 0 Å². The van der Waals surface area contributed by atoms with Gasteiger partial charge >= 0.3 is 0 Å². The summed E-state index contributed by atoms with van der Waals surface area (Å²) in [7, 11) is 0. The Labute approximate surface area is 60.6 Å². The van der Waals surface area contributed by atoms with Gasteiger partial charge < -0.3 is 0 Å². The molecule has 1 fully saturated rings. The first-order valence-corrected chi connectivity index (χ1v) is 3.95. The van der Waals surface area contributed by atoms with Gasteiger partial charge in [-0.3, -0.25) is 4.39 Å². The SMILES string of the molecule is CC1CCCC(F)C1CF. The van der Waals surface area contributed by atoms with Crippen molar-refractivity contribution < 1.29 is 8.78 Å². The van der Waals surface area contributed by atoms with Gasteiger partial charge in [-0.25, -0.2) is 4.39 Å². The van der Waals surface area contributed by atoms with Crippen molar-refractivity contribution >= 4 is 0 Å². The number of hydrogen-bond donors (Lipinski definition) is 0. The summed E-state index contributed by atoms with van der Waals surface area (Å²) in [6.45, 7) is 1.46. The predicted octanol–water partition coefficient (Wildman–Crippen LogP) is 2.73. The van der Waals surface area contributed by atoms with Gasteiger partial charge in [-0.15, -0.1) is 0 Å². The van der Waals surface area contributed by atoms with Gasteiger partial charge in [0.15, 0.2) is 0 Å². The fourth-order valence-electron chi connectivity index (χ4n) is 1.67. The maximum absolute atomic E-state index is 12.9. The third kappa shape index (κ3) is 1.47. The van der Waals surface area contributed by atoms with Crippen LogP contribution in [0.25, 0.3) is 0 Å². The Bertz CT molecular complexity index is 93.4. The quantitative estimate of drug-likeness (QED) is 0.536. The highest BCUT2D eigenvalue weighted by atomic mass is 19.1. The van der Waals surface area contributed by atoms with E-state index in [1.54, 1.807) is 0 Å². The summed E-state index contributed by atoms with van der Waals surface area (Å²) in [5, 5.41) is 0. The van der Waals surface area contributed by atoms with E-state index in [9.17, 15) is 8.78 Å². The second-order valence-corrected chi connectivity index (χ2v) is 3.24. The van der Waals surface area contributed by atoms with Gasteiger partial charge in [0.2, 0.25) is 0 Å². The summed E-state index contributed by atoms with van der Waals surface area (Å²) < 4.78 is 25.0. The van der Waals surface area contributed by atoms with Gasteiger partial charge in [-0.2, -0.15) is 0 Å². The van der Waals surface area contributed by atoms with E-state index in [2.05, 4.69) is 0 Å². The minimum absolute atomic E-state index is 0.244. The molecule has 0 heterocycles. The number of alkyl halides is 2. The Morgan fingerprint density at radius 3 is 2.50 bits per heavy atom. The van der Waals surface area contributed by atoms with E-state index < -0.39 is 12.8 Å². The van der Waals surface area contributed by atoms with Crippen LogP contribution in [0.15, 0.2) is 0 Å². The minimum Gasteiger partial charge on any atom is -0.251 e. The molecular weight excluding hydrogens is 134 g/mol. The van der Waals surface area contributed by atoms with Gasteiger partial charge in [0.25, 0.3) is 0 Å². The summed E-state index contributed by atoms with van der Waals surface area (Å²) in [6, 6.07) is 0. The van der Waals surface area contributed by atoms with Crippen LogP contribution in [0, 0.1) is 11.8 Å². The first kappa shape index (κ1) is 7.96. The summed E-state index contributed by atoms with van der Waals surface area (Å²) in [5.41, 5.74) is 0. The smallest absolute Gasteiger partial charge is 0.106 e. The van der Waals surface area contributed by atoms with Gasteiger partial charge in [0, 0.05) is 5.92 Å². The van der Waals surface area contributed by atoms with Crippen LogP contribution in [-0.4, -0.2) is 12.8 Å². The van der Waals surface area contributed by atoms with Crippen molar-refractivity contribution in [3.63, 3.8) is 0 Å². The highest BCUT2D eigenvalue weighted by Crippen LogP contribution is 2.32. The molecule has 0 saturated heterocycles. The molecule has 10 heavy (non-hydrogen) atoms. The lowest BCUT2D eigenvalue weighted by molar-refractivity contribution is 0.0929. The molecule has 1 saturated carbocycles. The average Bonchev–Trinajstić information content (AvgIpc) is 1.88. The zero-order valence-electron chi connectivity index (χ0n) is 6.32. The van der Waals surface area contributed by atoms with Crippen LogP contribution in [0.3, 0.4) is 0 Å². The molecule has 0 aromatic carbocycles. The molecule has 0 nitrogen and oxygen atoms in total. The fraction of sp³-hybridized carbons (Fsp3) is 1.00. The van der Waals surface area contributed by atoms with Gasteiger partial charge in [-0.1, -0.05) is 19.8 Å². The zero-order valence-corrected chi connectivity index (χ0v) is 6.32. The molecule has 2 heteroatoms. The molecule has 0 bridgehead atoms. The van der Waals surface area contributed by atoms with Crippen molar-refractivity contribution in [3.05, 3.63) is 0 Å². The molecule has 0 amide bonds. The second kappa shape index (κ2) is 3.31. The lowest BCUT2D eigenvalue weighted by Gasteiger charge is -2.29. The summed E-state index contributed by atoms with van der Waals surface area (Å²) in [5.74, 6) is -0.0671. The van der Waals surface area contributed by atoms with E-state index >= 15 is 0 Å². The van der Waals surface area contributed by atoms with Crippen LogP contribution < -0.4 is 0 Å². The molecule has 0 aliphatic heterocycles. The average molecular weight is 148 g/mol. The largest absolute Gasteiger partial charge is 0.251 e. The standard InChI is InChI=1S/C8H14F2/c1-6-3-2-4-8(10)7(6)5-9/h6-8H,2-5H2,1H3. The maximum Gasteiger partial charge on any atom is 0.106 e. The highest BCUT2D eigenvalue weighted by molar-refractivity contribution is 4.79. The molecule has 1 rings (SSSR count). The van der Waals surface area contributed by atoms with Crippen LogP contribution >= 0.6 is 0 Å². The molecule has 3 unspecified atom stereocenters. The van der Waals surface area contributed by atoms with Crippen molar-refractivity contribution in [1.82, 2.24) is 0 Å². The molecule has 0 radical (unpaired) electrons. The molecular formula is C8H14F2. The van der Waals surface area contributed by atoms with E-state index in [1.807, 2.05) is 6.92 Å². The second-order valence-electron chi connectivity index (χ2n) is 3.24. The molecule has 1 aliphatic carbocycles. The zero-order chi connectivity index (χ0) is 7.56. The third-order valence-electron chi connectivity index (χ3n) is 2.51. The minimum atomic E-state index is -0.881. The van der Waals surface area contributed by atoms with E-state index in [-0.39, 0.29) is 11.8 Å². The Kier molecular flexibility index (Phi) is 2.64. The molecule has 1 aliphatic rings. The summed E-state index contributed by atoms with van der Waals surface area (Å²) in [4.78, 5) is 0. The maximum atomic E-state index is 12.9. The Morgan fingerprint density at radius 2 is 2.10 bits per heavy atom. The topological polar surface area (TPSA) is 0 Å². The van der Waals surface area contributed by atoms with Crippen molar-refractivity contribution in [2.45, 2.75) is 32.4 Å². The Morgan fingerprint density at radius 1 is 1.40 bits per heavy atom. The predicted molar refractivity (Wildman–Crippen MR) is 37.4 cm³/mol. The van der Waals surface area contributed by atoms with Crippen LogP contribution in [0.2, 0.25) is 0 Å². The normalized spacial score (nSPS) is 41.7. The number of rotatable bonds is 1. The van der Waals surface area contributed by atoms with Gasteiger partial charge in [-0.05, 0) is 12.3 Å². The van der Waals surface area contributed by atoms with Crippen molar-refractivity contribution in [3.8, 4) is 0 Å².